The summed E-state index contributed by atoms with van der Waals surface area (Å²) in [4.78, 5) is 6.76. The standard InChI is InChI=1S/C21H24ClN3/c1-15-11-16(14-23-13-15)5-10-25-20-4-3-17(22)12-19(20)18-6-8-24(2)9-7-21(18)25/h3-4,11-14H,5-10H2,1-2H3. The number of pyridine rings is 1. The lowest BCUT2D eigenvalue weighted by atomic mass is 10.1. The van der Waals surface area contributed by atoms with E-state index in [4.69, 9.17) is 11.6 Å². The van der Waals surface area contributed by atoms with E-state index in [9.17, 15) is 0 Å². The fourth-order valence-electron chi connectivity index (χ4n) is 3.98. The number of halogens is 1. The molecule has 0 atom stereocenters. The molecule has 0 saturated carbocycles. The Hall–Kier alpha value is -1.84. The van der Waals surface area contributed by atoms with Crippen molar-refractivity contribution in [2.75, 3.05) is 20.1 Å². The van der Waals surface area contributed by atoms with Gasteiger partial charge in [0, 0.05) is 60.1 Å². The Morgan fingerprint density at radius 1 is 1.12 bits per heavy atom. The molecule has 130 valence electrons. The van der Waals surface area contributed by atoms with Crippen LogP contribution in [0.2, 0.25) is 5.02 Å². The van der Waals surface area contributed by atoms with Crippen LogP contribution in [0.3, 0.4) is 0 Å². The maximum absolute atomic E-state index is 6.30. The molecule has 3 heterocycles. The summed E-state index contributed by atoms with van der Waals surface area (Å²) >= 11 is 6.30. The van der Waals surface area contributed by atoms with E-state index in [0.717, 1.165) is 43.9 Å². The molecule has 0 radical (unpaired) electrons. The molecule has 1 aromatic carbocycles. The van der Waals surface area contributed by atoms with Crippen molar-refractivity contribution in [1.82, 2.24) is 14.5 Å². The number of aryl methyl sites for hydroxylation is 3. The predicted molar refractivity (Wildman–Crippen MR) is 105 cm³/mol. The minimum atomic E-state index is 0.827. The molecule has 3 aromatic rings. The van der Waals surface area contributed by atoms with Crippen molar-refractivity contribution < 1.29 is 0 Å². The zero-order chi connectivity index (χ0) is 17.4. The van der Waals surface area contributed by atoms with Crippen LogP contribution in [-0.2, 0) is 25.8 Å². The first-order chi connectivity index (χ1) is 12.1. The van der Waals surface area contributed by atoms with Gasteiger partial charge >= 0.3 is 0 Å². The largest absolute Gasteiger partial charge is 0.344 e. The second-order valence-electron chi connectivity index (χ2n) is 7.16. The van der Waals surface area contributed by atoms with Crippen LogP contribution in [0.15, 0.2) is 36.7 Å². The Kier molecular flexibility index (Phi) is 4.53. The SMILES string of the molecule is Cc1cncc(CCn2c3c(c4cc(Cl)ccc42)CCN(C)CC3)c1. The van der Waals surface area contributed by atoms with Crippen LogP contribution in [0.1, 0.15) is 22.4 Å². The molecule has 0 spiro atoms. The number of fused-ring (bicyclic) bond motifs is 3. The fraction of sp³-hybridized carbons (Fsp3) is 0.381. The molecule has 25 heavy (non-hydrogen) atoms. The number of hydrogen-bond acceptors (Lipinski definition) is 2. The normalized spacial score (nSPS) is 15.3. The summed E-state index contributed by atoms with van der Waals surface area (Å²) in [6.07, 6.45) is 7.11. The molecule has 1 aliphatic heterocycles. The van der Waals surface area contributed by atoms with Gasteiger partial charge in [0.15, 0.2) is 0 Å². The summed E-state index contributed by atoms with van der Waals surface area (Å²) in [5, 5.41) is 2.16. The van der Waals surface area contributed by atoms with Gasteiger partial charge in [-0.1, -0.05) is 17.7 Å². The highest BCUT2D eigenvalue weighted by Gasteiger charge is 2.20. The van der Waals surface area contributed by atoms with Gasteiger partial charge in [-0.3, -0.25) is 4.98 Å². The van der Waals surface area contributed by atoms with Crippen LogP contribution in [0.4, 0.5) is 0 Å². The minimum absolute atomic E-state index is 0.827. The van der Waals surface area contributed by atoms with Gasteiger partial charge in [-0.25, -0.2) is 0 Å². The quantitative estimate of drug-likeness (QED) is 0.701. The van der Waals surface area contributed by atoms with E-state index in [1.807, 2.05) is 18.5 Å². The summed E-state index contributed by atoms with van der Waals surface area (Å²) in [6, 6.07) is 8.58. The van der Waals surface area contributed by atoms with Gasteiger partial charge in [-0.15, -0.1) is 0 Å². The molecule has 4 rings (SSSR count). The molecule has 2 aromatic heterocycles. The summed E-state index contributed by atoms with van der Waals surface area (Å²) in [7, 11) is 2.21. The van der Waals surface area contributed by atoms with E-state index in [1.165, 1.54) is 33.3 Å². The van der Waals surface area contributed by atoms with Crippen LogP contribution in [-0.4, -0.2) is 34.6 Å². The Bertz CT molecular complexity index is 913. The Balaban J connectivity index is 1.74. The first-order valence-corrected chi connectivity index (χ1v) is 9.38. The highest BCUT2D eigenvalue weighted by Crippen LogP contribution is 2.31. The molecule has 0 saturated heterocycles. The summed E-state index contributed by atoms with van der Waals surface area (Å²) in [5.74, 6) is 0. The van der Waals surface area contributed by atoms with Crippen LogP contribution >= 0.6 is 11.6 Å². The van der Waals surface area contributed by atoms with Crippen molar-refractivity contribution in [2.45, 2.75) is 32.7 Å². The third-order valence-electron chi connectivity index (χ3n) is 5.28. The van der Waals surface area contributed by atoms with Crippen LogP contribution in [0.5, 0.6) is 0 Å². The number of hydrogen-bond donors (Lipinski definition) is 0. The van der Waals surface area contributed by atoms with Crippen molar-refractivity contribution in [3.8, 4) is 0 Å². The first-order valence-electron chi connectivity index (χ1n) is 9.00. The van der Waals surface area contributed by atoms with Crippen molar-refractivity contribution >= 4 is 22.5 Å². The number of nitrogens with zero attached hydrogens (tertiary/aromatic N) is 3. The lowest BCUT2D eigenvalue weighted by Gasteiger charge is -2.14. The third-order valence-corrected chi connectivity index (χ3v) is 5.51. The summed E-state index contributed by atoms with van der Waals surface area (Å²) in [5.41, 5.74) is 6.82. The Labute approximate surface area is 154 Å². The Morgan fingerprint density at radius 2 is 1.96 bits per heavy atom. The highest BCUT2D eigenvalue weighted by molar-refractivity contribution is 6.31. The van der Waals surface area contributed by atoms with E-state index in [0.29, 0.717) is 0 Å². The van der Waals surface area contributed by atoms with E-state index < -0.39 is 0 Å². The number of rotatable bonds is 3. The van der Waals surface area contributed by atoms with Crippen molar-refractivity contribution in [3.05, 3.63) is 64.1 Å². The second-order valence-corrected chi connectivity index (χ2v) is 7.60. The molecule has 0 amide bonds. The molecule has 0 unspecified atom stereocenters. The lowest BCUT2D eigenvalue weighted by molar-refractivity contribution is 0.351. The van der Waals surface area contributed by atoms with Gasteiger partial charge in [0.05, 0.1) is 0 Å². The Morgan fingerprint density at radius 3 is 2.80 bits per heavy atom. The first kappa shape index (κ1) is 16.6. The molecule has 0 fully saturated rings. The lowest BCUT2D eigenvalue weighted by Crippen LogP contribution is -2.21. The second kappa shape index (κ2) is 6.81. The number of likely N-dealkylation sites (N-methyl/N-ethyl adjacent to an activating group) is 1. The van der Waals surface area contributed by atoms with Gasteiger partial charge in [-0.05, 0) is 61.7 Å². The zero-order valence-corrected chi connectivity index (χ0v) is 15.7. The van der Waals surface area contributed by atoms with Gasteiger partial charge in [0.25, 0.3) is 0 Å². The summed E-state index contributed by atoms with van der Waals surface area (Å²) < 4.78 is 2.52. The van der Waals surface area contributed by atoms with E-state index in [2.05, 4.69) is 46.6 Å². The molecule has 0 aliphatic carbocycles. The van der Waals surface area contributed by atoms with Crippen LogP contribution in [0.25, 0.3) is 10.9 Å². The molecular weight excluding hydrogens is 330 g/mol. The third kappa shape index (κ3) is 3.31. The van der Waals surface area contributed by atoms with Gasteiger partial charge in [-0.2, -0.15) is 0 Å². The number of benzene rings is 1. The van der Waals surface area contributed by atoms with Crippen LogP contribution in [0, 0.1) is 6.92 Å². The average molecular weight is 354 g/mol. The molecule has 0 N–H and O–H groups in total. The van der Waals surface area contributed by atoms with Crippen molar-refractivity contribution in [2.24, 2.45) is 0 Å². The molecule has 4 heteroatoms. The average Bonchev–Trinajstić information content (AvgIpc) is 2.73. The molecule has 1 aliphatic rings. The van der Waals surface area contributed by atoms with E-state index >= 15 is 0 Å². The topological polar surface area (TPSA) is 21.1 Å². The number of aromatic nitrogens is 2. The minimum Gasteiger partial charge on any atom is -0.344 e. The van der Waals surface area contributed by atoms with Crippen LogP contribution < -0.4 is 0 Å². The zero-order valence-electron chi connectivity index (χ0n) is 14.9. The molecular formula is C21H24ClN3. The fourth-order valence-corrected chi connectivity index (χ4v) is 4.15. The highest BCUT2D eigenvalue weighted by atomic mass is 35.5. The van der Waals surface area contributed by atoms with E-state index in [-0.39, 0.29) is 0 Å². The molecule has 3 nitrogen and oxygen atoms in total. The molecule has 0 bridgehead atoms. The van der Waals surface area contributed by atoms with Gasteiger partial charge < -0.3 is 9.47 Å². The monoisotopic (exact) mass is 353 g/mol. The van der Waals surface area contributed by atoms with Crippen molar-refractivity contribution in [3.63, 3.8) is 0 Å². The van der Waals surface area contributed by atoms with Gasteiger partial charge in [0.2, 0.25) is 0 Å². The van der Waals surface area contributed by atoms with Crippen molar-refractivity contribution in [1.29, 1.82) is 0 Å². The summed E-state index contributed by atoms with van der Waals surface area (Å²) in [6.45, 7) is 5.32. The smallest absolute Gasteiger partial charge is 0.0486 e. The van der Waals surface area contributed by atoms with E-state index in [1.54, 1.807) is 0 Å². The van der Waals surface area contributed by atoms with Gasteiger partial charge in [0.1, 0.15) is 0 Å². The maximum Gasteiger partial charge on any atom is 0.0486 e. The maximum atomic E-state index is 6.30. The predicted octanol–water partition coefficient (Wildman–Crippen LogP) is 4.27.